The van der Waals surface area contributed by atoms with E-state index in [1.165, 1.54) is 12.1 Å². The Morgan fingerprint density at radius 3 is 2.63 bits per heavy atom. The number of rotatable bonds is 3. The lowest BCUT2D eigenvalue weighted by Gasteiger charge is -2.29. The molecule has 0 atom stereocenters. The number of carboxylic acids is 1. The normalized spacial score (nSPS) is 16.4. The van der Waals surface area contributed by atoms with Crippen molar-refractivity contribution in [1.29, 1.82) is 0 Å². The van der Waals surface area contributed by atoms with Crippen LogP contribution in [0, 0.1) is 0 Å². The molecular formula is C12H16N2O5. The third-order valence-corrected chi connectivity index (χ3v) is 3.04. The van der Waals surface area contributed by atoms with E-state index < -0.39 is 5.97 Å². The van der Waals surface area contributed by atoms with Gasteiger partial charge in [0.15, 0.2) is 0 Å². The number of aliphatic hydroxyl groups is 1. The Labute approximate surface area is 109 Å². The molecule has 0 saturated carbocycles. The predicted octanol–water partition coefficient (Wildman–Crippen LogP) is 0.644. The molecular weight excluding hydrogens is 252 g/mol. The van der Waals surface area contributed by atoms with Crippen molar-refractivity contribution >= 4 is 12.0 Å². The van der Waals surface area contributed by atoms with E-state index in [0.717, 1.165) is 0 Å². The van der Waals surface area contributed by atoms with E-state index >= 15 is 0 Å². The molecule has 19 heavy (non-hydrogen) atoms. The average Bonchev–Trinajstić information content (AvgIpc) is 2.86. The summed E-state index contributed by atoms with van der Waals surface area (Å²) < 4.78 is 5.03. The zero-order valence-electron chi connectivity index (χ0n) is 10.3. The number of carbonyl (C=O) groups excluding carboxylic acids is 1. The summed E-state index contributed by atoms with van der Waals surface area (Å²) in [5.41, 5.74) is 0. The number of carbonyl (C=O) groups is 2. The Balaban J connectivity index is 1.81. The molecule has 3 N–H and O–H groups in total. The summed E-state index contributed by atoms with van der Waals surface area (Å²) in [6.45, 7) is 1.18. The molecule has 7 nitrogen and oxygen atoms in total. The number of piperidine rings is 1. The van der Waals surface area contributed by atoms with Crippen molar-refractivity contribution in [3.8, 4) is 0 Å². The molecule has 1 aliphatic rings. The van der Waals surface area contributed by atoms with Crippen LogP contribution in [-0.4, -0.2) is 46.3 Å². The number of amides is 2. The third-order valence-electron chi connectivity index (χ3n) is 3.04. The number of hydrogen-bond acceptors (Lipinski definition) is 4. The minimum Gasteiger partial charge on any atom is -0.475 e. The fourth-order valence-corrected chi connectivity index (χ4v) is 1.93. The van der Waals surface area contributed by atoms with Crippen molar-refractivity contribution in [2.75, 3.05) is 13.1 Å². The SMILES string of the molecule is O=C(O)c1ccc(CNC(=O)N2CCC(O)CC2)o1. The van der Waals surface area contributed by atoms with E-state index in [4.69, 9.17) is 9.52 Å². The van der Waals surface area contributed by atoms with E-state index in [1.807, 2.05) is 0 Å². The fourth-order valence-electron chi connectivity index (χ4n) is 1.93. The Morgan fingerprint density at radius 1 is 1.37 bits per heavy atom. The molecule has 2 amide bonds. The second-order valence-corrected chi connectivity index (χ2v) is 4.45. The lowest BCUT2D eigenvalue weighted by molar-refractivity contribution is 0.0660. The molecule has 0 bridgehead atoms. The number of hydrogen-bond donors (Lipinski definition) is 3. The summed E-state index contributed by atoms with van der Waals surface area (Å²) >= 11 is 0. The maximum Gasteiger partial charge on any atom is 0.371 e. The number of likely N-dealkylation sites (tertiary alicyclic amines) is 1. The molecule has 0 aromatic carbocycles. The zero-order chi connectivity index (χ0) is 13.8. The highest BCUT2D eigenvalue weighted by Crippen LogP contribution is 2.11. The quantitative estimate of drug-likeness (QED) is 0.746. The van der Waals surface area contributed by atoms with Crippen LogP contribution in [0.25, 0.3) is 0 Å². The first-order valence-electron chi connectivity index (χ1n) is 6.09. The molecule has 104 valence electrons. The number of urea groups is 1. The molecule has 0 spiro atoms. The van der Waals surface area contributed by atoms with Gasteiger partial charge < -0.3 is 24.8 Å². The van der Waals surface area contributed by atoms with Crippen LogP contribution in [0.5, 0.6) is 0 Å². The lowest BCUT2D eigenvalue weighted by Crippen LogP contribution is -2.45. The topological polar surface area (TPSA) is 103 Å². The van der Waals surface area contributed by atoms with Crippen molar-refractivity contribution in [1.82, 2.24) is 10.2 Å². The van der Waals surface area contributed by atoms with Crippen LogP contribution in [0.15, 0.2) is 16.5 Å². The highest BCUT2D eigenvalue weighted by atomic mass is 16.4. The van der Waals surface area contributed by atoms with E-state index in [9.17, 15) is 14.7 Å². The highest BCUT2D eigenvalue weighted by Gasteiger charge is 2.21. The molecule has 1 aromatic rings. The van der Waals surface area contributed by atoms with Gasteiger partial charge in [0.1, 0.15) is 5.76 Å². The summed E-state index contributed by atoms with van der Waals surface area (Å²) in [5.74, 6) is -0.893. The summed E-state index contributed by atoms with van der Waals surface area (Å²) in [5, 5.41) is 20.7. The van der Waals surface area contributed by atoms with Gasteiger partial charge >= 0.3 is 12.0 Å². The lowest BCUT2D eigenvalue weighted by atomic mass is 10.1. The fraction of sp³-hybridized carbons (Fsp3) is 0.500. The van der Waals surface area contributed by atoms with Gasteiger partial charge in [-0.3, -0.25) is 0 Å². The Bertz CT molecular complexity index is 462. The van der Waals surface area contributed by atoms with Gasteiger partial charge in [-0.15, -0.1) is 0 Å². The Kier molecular flexibility index (Phi) is 4.06. The molecule has 0 unspecified atom stereocenters. The van der Waals surface area contributed by atoms with Gasteiger partial charge in [-0.2, -0.15) is 0 Å². The van der Waals surface area contributed by atoms with Crippen molar-refractivity contribution in [2.24, 2.45) is 0 Å². The average molecular weight is 268 g/mol. The van der Waals surface area contributed by atoms with Gasteiger partial charge in [-0.1, -0.05) is 0 Å². The van der Waals surface area contributed by atoms with Gasteiger partial charge in [-0.25, -0.2) is 9.59 Å². The van der Waals surface area contributed by atoms with Crippen LogP contribution in [0.1, 0.15) is 29.2 Å². The van der Waals surface area contributed by atoms with E-state index in [2.05, 4.69) is 5.32 Å². The summed E-state index contributed by atoms with van der Waals surface area (Å²) in [7, 11) is 0. The number of aliphatic hydroxyl groups excluding tert-OH is 1. The molecule has 1 saturated heterocycles. The van der Waals surface area contributed by atoms with E-state index in [0.29, 0.717) is 31.7 Å². The number of aromatic carboxylic acids is 1. The van der Waals surface area contributed by atoms with Gasteiger partial charge in [0.25, 0.3) is 0 Å². The van der Waals surface area contributed by atoms with Gasteiger partial charge in [0, 0.05) is 13.1 Å². The molecule has 7 heteroatoms. The molecule has 0 aliphatic carbocycles. The highest BCUT2D eigenvalue weighted by molar-refractivity contribution is 5.84. The molecule has 1 aromatic heterocycles. The van der Waals surface area contributed by atoms with E-state index in [1.54, 1.807) is 4.90 Å². The maximum absolute atomic E-state index is 11.8. The Morgan fingerprint density at radius 2 is 2.05 bits per heavy atom. The van der Waals surface area contributed by atoms with Crippen LogP contribution in [0.3, 0.4) is 0 Å². The molecule has 0 radical (unpaired) electrons. The van der Waals surface area contributed by atoms with Crippen molar-refractivity contribution in [3.05, 3.63) is 23.7 Å². The number of nitrogens with zero attached hydrogens (tertiary/aromatic N) is 1. The van der Waals surface area contributed by atoms with Crippen LogP contribution < -0.4 is 5.32 Å². The summed E-state index contributed by atoms with van der Waals surface area (Å²) in [6.07, 6.45) is 0.835. The largest absolute Gasteiger partial charge is 0.475 e. The molecule has 1 fully saturated rings. The third kappa shape index (κ3) is 3.47. The second kappa shape index (κ2) is 5.75. The van der Waals surface area contributed by atoms with Gasteiger partial charge in [0.2, 0.25) is 5.76 Å². The summed E-state index contributed by atoms with van der Waals surface area (Å²) in [4.78, 5) is 24.0. The monoisotopic (exact) mass is 268 g/mol. The predicted molar refractivity (Wildman–Crippen MR) is 64.7 cm³/mol. The van der Waals surface area contributed by atoms with Crippen molar-refractivity contribution in [3.63, 3.8) is 0 Å². The standard InChI is InChI=1S/C12H16N2O5/c15-8-3-5-14(6-4-8)12(18)13-7-9-1-2-10(19-9)11(16)17/h1-2,8,15H,3-7H2,(H,13,18)(H,16,17). The molecule has 2 heterocycles. The van der Waals surface area contributed by atoms with Crippen molar-refractivity contribution < 1.29 is 24.2 Å². The Hall–Kier alpha value is -2.02. The maximum atomic E-state index is 11.8. The minimum atomic E-state index is -1.14. The molecule has 1 aliphatic heterocycles. The smallest absolute Gasteiger partial charge is 0.371 e. The minimum absolute atomic E-state index is 0.144. The first-order chi connectivity index (χ1) is 9.06. The number of furan rings is 1. The summed E-state index contributed by atoms with van der Waals surface area (Å²) in [6, 6.07) is 2.63. The van der Waals surface area contributed by atoms with Crippen LogP contribution >= 0.6 is 0 Å². The number of nitrogens with one attached hydrogen (secondary N) is 1. The molecule has 2 rings (SSSR count). The zero-order valence-corrected chi connectivity index (χ0v) is 10.3. The first-order valence-corrected chi connectivity index (χ1v) is 6.09. The van der Waals surface area contributed by atoms with E-state index in [-0.39, 0.29) is 24.4 Å². The first kappa shape index (κ1) is 13.4. The van der Waals surface area contributed by atoms with Gasteiger partial charge in [-0.05, 0) is 25.0 Å². The second-order valence-electron chi connectivity index (χ2n) is 4.45. The van der Waals surface area contributed by atoms with Crippen LogP contribution in [0.4, 0.5) is 4.79 Å². The van der Waals surface area contributed by atoms with Gasteiger partial charge in [0.05, 0.1) is 12.6 Å². The van der Waals surface area contributed by atoms with Crippen LogP contribution in [0.2, 0.25) is 0 Å². The number of carboxylic acid groups (broad SMARTS) is 1. The van der Waals surface area contributed by atoms with Crippen LogP contribution in [-0.2, 0) is 6.54 Å². The van der Waals surface area contributed by atoms with Crippen molar-refractivity contribution in [2.45, 2.75) is 25.5 Å².